The maximum atomic E-state index is 8.66. The van der Waals surface area contributed by atoms with E-state index < -0.39 is 0 Å². The molecule has 5 heteroatoms. The minimum Gasteiger partial charge on any atom is -0.409 e. The van der Waals surface area contributed by atoms with Crippen LogP contribution < -0.4 is 11.1 Å². The lowest BCUT2D eigenvalue weighted by Gasteiger charge is -2.10. The summed E-state index contributed by atoms with van der Waals surface area (Å²) in [5, 5.41) is 23.1. The second kappa shape index (κ2) is 8.77. The van der Waals surface area contributed by atoms with E-state index in [2.05, 4.69) is 17.4 Å². The predicted molar refractivity (Wildman–Crippen MR) is 56.4 cm³/mol. The van der Waals surface area contributed by atoms with Crippen LogP contribution in [0.1, 0.15) is 26.2 Å². The van der Waals surface area contributed by atoms with Gasteiger partial charge in [0.1, 0.15) is 5.84 Å². The van der Waals surface area contributed by atoms with Crippen LogP contribution in [0.25, 0.3) is 0 Å². The number of nitrogens with two attached hydrogens (primary N) is 1. The molecule has 0 aromatic rings. The number of aliphatic hydroxyl groups is 1. The molecule has 0 aromatic carbocycles. The summed E-state index contributed by atoms with van der Waals surface area (Å²) in [7, 11) is 0. The van der Waals surface area contributed by atoms with Crippen LogP contribution in [0.4, 0.5) is 0 Å². The number of nitrogens with zero attached hydrogens (tertiary/aromatic N) is 1. The van der Waals surface area contributed by atoms with Crippen LogP contribution in [0, 0.1) is 5.92 Å². The Bertz CT molecular complexity index is 162. The normalized spacial score (nSPS) is 14.3. The number of aliphatic hydroxyl groups excluding tert-OH is 1. The molecular formula is C9H21N3O2. The first-order chi connectivity index (χ1) is 6.70. The summed E-state index contributed by atoms with van der Waals surface area (Å²) in [4.78, 5) is 0. The van der Waals surface area contributed by atoms with E-state index in [1.165, 1.54) is 0 Å². The summed E-state index contributed by atoms with van der Waals surface area (Å²) in [5.74, 6) is 0.763. The summed E-state index contributed by atoms with van der Waals surface area (Å²) >= 11 is 0. The van der Waals surface area contributed by atoms with Gasteiger partial charge in [0.25, 0.3) is 0 Å². The number of hydrogen-bond donors (Lipinski definition) is 4. The second-order valence-corrected chi connectivity index (χ2v) is 3.52. The highest BCUT2D eigenvalue weighted by molar-refractivity contribution is 5.79. The Balaban J connectivity index is 3.21. The average molecular weight is 203 g/mol. The van der Waals surface area contributed by atoms with Gasteiger partial charge in [-0.15, -0.1) is 0 Å². The molecule has 0 spiro atoms. The molecular weight excluding hydrogens is 182 g/mol. The van der Waals surface area contributed by atoms with E-state index in [1.807, 2.05) is 0 Å². The molecule has 0 aliphatic carbocycles. The van der Waals surface area contributed by atoms with E-state index >= 15 is 0 Å². The lowest BCUT2D eigenvalue weighted by atomic mass is 10.1. The topological polar surface area (TPSA) is 90.9 Å². The SMILES string of the molecule is CC(CCO)CNCCCC(N)=NO. The van der Waals surface area contributed by atoms with Crippen LogP contribution in [0.2, 0.25) is 0 Å². The summed E-state index contributed by atoms with van der Waals surface area (Å²) < 4.78 is 0. The molecule has 5 nitrogen and oxygen atoms in total. The van der Waals surface area contributed by atoms with Crippen molar-refractivity contribution in [3.63, 3.8) is 0 Å². The smallest absolute Gasteiger partial charge is 0.139 e. The van der Waals surface area contributed by atoms with E-state index in [4.69, 9.17) is 16.0 Å². The molecule has 0 fully saturated rings. The lowest BCUT2D eigenvalue weighted by Crippen LogP contribution is -2.24. The van der Waals surface area contributed by atoms with Crippen molar-refractivity contribution in [2.75, 3.05) is 19.7 Å². The molecule has 1 atom stereocenters. The van der Waals surface area contributed by atoms with Crippen LogP contribution in [0.5, 0.6) is 0 Å². The van der Waals surface area contributed by atoms with Crippen LogP contribution in [-0.4, -0.2) is 35.8 Å². The lowest BCUT2D eigenvalue weighted by molar-refractivity contribution is 0.260. The van der Waals surface area contributed by atoms with E-state index in [9.17, 15) is 0 Å². The van der Waals surface area contributed by atoms with Crippen molar-refractivity contribution in [3.05, 3.63) is 0 Å². The second-order valence-electron chi connectivity index (χ2n) is 3.52. The van der Waals surface area contributed by atoms with Gasteiger partial charge in [0.05, 0.1) is 0 Å². The number of amidine groups is 1. The maximum Gasteiger partial charge on any atom is 0.139 e. The minimum absolute atomic E-state index is 0.243. The molecule has 0 aliphatic rings. The summed E-state index contributed by atoms with van der Waals surface area (Å²) in [6.07, 6.45) is 2.30. The molecule has 0 heterocycles. The Morgan fingerprint density at radius 1 is 1.57 bits per heavy atom. The zero-order chi connectivity index (χ0) is 10.8. The molecule has 0 saturated heterocycles. The van der Waals surface area contributed by atoms with Gasteiger partial charge in [0, 0.05) is 13.0 Å². The van der Waals surface area contributed by atoms with Crippen LogP contribution in [-0.2, 0) is 0 Å². The Labute approximate surface area is 85.0 Å². The van der Waals surface area contributed by atoms with Crippen molar-refractivity contribution in [2.24, 2.45) is 16.8 Å². The predicted octanol–water partition coefficient (Wildman–Crippen LogP) is 0.121. The van der Waals surface area contributed by atoms with Crippen molar-refractivity contribution in [1.82, 2.24) is 5.32 Å². The fourth-order valence-electron chi connectivity index (χ4n) is 1.12. The molecule has 1 unspecified atom stereocenters. The minimum atomic E-state index is 0.243. The van der Waals surface area contributed by atoms with Gasteiger partial charge in [-0.1, -0.05) is 12.1 Å². The first-order valence-corrected chi connectivity index (χ1v) is 4.98. The zero-order valence-electron chi connectivity index (χ0n) is 8.74. The molecule has 0 aliphatic heterocycles. The molecule has 0 rings (SSSR count). The quantitative estimate of drug-likeness (QED) is 0.148. The molecule has 5 N–H and O–H groups in total. The molecule has 0 saturated carbocycles. The first-order valence-electron chi connectivity index (χ1n) is 4.98. The van der Waals surface area contributed by atoms with Gasteiger partial charge >= 0.3 is 0 Å². The van der Waals surface area contributed by atoms with E-state index in [1.54, 1.807) is 0 Å². The van der Waals surface area contributed by atoms with E-state index in [-0.39, 0.29) is 12.4 Å². The highest BCUT2D eigenvalue weighted by atomic mass is 16.4. The van der Waals surface area contributed by atoms with Crippen LogP contribution in [0.3, 0.4) is 0 Å². The van der Waals surface area contributed by atoms with Crippen LogP contribution >= 0.6 is 0 Å². The summed E-state index contributed by atoms with van der Waals surface area (Å²) in [6.45, 7) is 4.09. The molecule has 0 amide bonds. The van der Waals surface area contributed by atoms with Gasteiger partial charge in [-0.25, -0.2) is 0 Å². The van der Waals surface area contributed by atoms with E-state index in [0.717, 1.165) is 25.9 Å². The monoisotopic (exact) mass is 203 g/mol. The van der Waals surface area contributed by atoms with Gasteiger partial charge in [-0.05, 0) is 31.8 Å². The highest BCUT2D eigenvalue weighted by Gasteiger charge is 1.99. The third-order valence-electron chi connectivity index (χ3n) is 2.03. The Hall–Kier alpha value is -0.810. The van der Waals surface area contributed by atoms with E-state index in [0.29, 0.717) is 12.3 Å². The Morgan fingerprint density at radius 2 is 2.29 bits per heavy atom. The number of rotatable bonds is 8. The summed E-state index contributed by atoms with van der Waals surface area (Å²) in [5.41, 5.74) is 5.30. The van der Waals surface area contributed by atoms with Gasteiger partial charge < -0.3 is 21.4 Å². The average Bonchev–Trinajstić information content (AvgIpc) is 2.17. The molecule has 84 valence electrons. The molecule has 0 radical (unpaired) electrons. The Kier molecular flexibility index (Phi) is 8.27. The molecule has 0 aromatic heterocycles. The largest absolute Gasteiger partial charge is 0.409 e. The van der Waals surface area contributed by atoms with Gasteiger partial charge in [0.15, 0.2) is 0 Å². The van der Waals surface area contributed by atoms with Crippen molar-refractivity contribution in [2.45, 2.75) is 26.2 Å². The third kappa shape index (κ3) is 7.82. The molecule has 14 heavy (non-hydrogen) atoms. The maximum absolute atomic E-state index is 8.66. The van der Waals surface area contributed by atoms with Gasteiger partial charge in [0.2, 0.25) is 0 Å². The standard InChI is InChI=1S/C9H21N3O2/c1-8(4-6-13)7-11-5-2-3-9(10)12-14/h8,11,13-14H,2-7H2,1H3,(H2,10,12). The fraction of sp³-hybridized carbons (Fsp3) is 0.889. The fourth-order valence-corrected chi connectivity index (χ4v) is 1.12. The van der Waals surface area contributed by atoms with Crippen LogP contribution in [0.15, 0.2) is 5.16 Å². The highest BCUT2D eigenvalue weighted by Crippen LogP contribution is 1.97. The third-order valence-corrected chi connectivity index (χ3v) is 2.03. The number of hydrogen-bond acceptors (Lipinski definition) is 4. The van der Waals surface area contributed by atoms with Crippen molar-refractivity contribution in [3.8, 4) is 0 Å². The summed E-state index contributed by atoms with van der Waals surface area (Å²) in [6, 6.07) is 0. The number of oxime groups is 1. The Morgan fingerprint density at radius 3 is 2.86 bits per heavy atom. The van der Waals surface area contributed by atoms with Crippen molar-refractivity contribution < 1.29 is 10.3 Å². The zero-order valence-corrected chi connectivity index (χ0v) is 8.74. The van der Waals surface area contributed by atoms with Gasteiger partial charge in [-0.3, -0.25) is 0 Å². The first kappa shape index (κ1) is 13.2. The van der Waals surface area contributed by atoms with Crippen molar-refractivity contribution >= 4 is 5.84 Å². The van der Waals surface area contributed by atoms with Crippen molar-refractivity contribution in [1.29, 1.82) is 0 Å². The number of nitrogens with one attached hydrogen (secondary N) is 1. The molecule has 0 bridgehead atoms. The van der Waals surface area contributed by atoms with Gasteiger partial charge in [-0.2, -0.15) is 0 Å².